The largest absolute Gasteiger partial charge is 0.283 e. The quantitative estimate of drug-likeness (QED) is 0.348. The highest BCUT2D eigenvalue weighted by atomic mass is 32.2. The normalized spacial score (nSPS) is 11.1. The third kappa shape index (κ3) is 3.99. The van der Waals surface area contributed by atoms with Crippen molar-refractivity contribution in [2.45, 2.75) is 24.4 Å². The van der Waals surface area contributed by atoms with Crippen LogP contribution < -0.4 is 5.56 Å². The zero-order valence-corrected chi connectivity index (χ0v) is 16.2. The number of halogens is 1. The fourth-order valence-corrected chi connectivity index (χ4v) is 3.96. The molecule has 0 spiro atoms. The second-order valence-electron chi connectivity index (χ2n) is 6.70. The number of para-hydroxylation sites is 1. The predicted molar refractivity (Wildman–Crippen MR) is 112 cm³/mol. The van der Waals surface area contributed by atoms with Crippen molar-refractivity contribution in [2.24, 2.45) is 0 Å². The number of hydrogen-bond donors (Lipinski definition) is 0. The molecule has 0 atom stereocenters. The topological polar surface area (TPSA) is 34.9 Å². The highest BCUT2D eigenvalue weighted by Gasteiger charge is 2.12. The standard InChI is InChI=1S/C23H19FN2OS/c1-16-6-8-18(9-7-16)15-28-23-25-21-5-3-2-4-20(21)22(27)26(23)14-17-10-12-19(24)13-11-17/h2-13H,14-15H2,1H3. The lowest BCUT2D eigenvalue weighted by Crippen LogP contribution is -2.24. The Morgan fingerprint density at radius 2 is 1.61 bits per heavy atom. The van der Waals surface area contributed by atoms with E-state index in [1.165, 1.54) is 35.0 Å². The molecular weight excluding hydrogens is 371 g/mol. The minimum absolute atomic E-state index is 0.0821. The third-order valence-electron chi connectivity index (χ3n) is 4.57. The van der Waals surface area contributed by atoms with Gasteiger partial charge in [0.05, 0.1) is 17.4 Å². The molecular formula is C23H19FN2OS. The van der Waals surface area contributed by atoms with Crippen molar-refractivity contribution in [2.75, 3.05) is 0 Å². The second-order valence-corrected chi connectivity index (χ2v) is 7.65. The van der Waals surface area contributed by atoms with Gasteiger partial charge in [-0.05, 0) is 42.3 Å². The number of nitrogens with zero attached hydrogens (tertiary/aromatic N) is 2. The van der Waals surface area contributed by atoms with E-state index in [1.54, 1.807) is 22.8 Å². The first kappa shape index (κ1) is 18.4. The van der Waals surface area contributed by atoms with Crippen molar-refractivity contribution < 1.29 is 4.39 Å². The number of hydrogen-bond acceptors (Lipinski definition) is 3. The molecule has 5 heteroatoms. The monoisotopic (exact) mass is 390 g/mol. The van der Waals surface area contributed by atoms with E-state index in [1.807, 2.05) is 18.2 Å². The van der Waals surface area contributed by atoms with Crippen LogP contribution in [0.15, 0.2) is 82.7 Å². The van der Waals surface area contributed by atoms with Gasteiger partial charge in [-0.1, -0.05) is 65.9 Å². The average Bonchev–Trinajstić information content (AvgIpc) is 2.71. The van der Waals surface area contributed by atoms with E-state index in [9.17, 15) is 9.18 Å². The molecule has 3 aromatic carbocycles. The highest BCUT2D eigenvalue weighted by molar-refractivity contribution is 7.98. The minimum atomic E-state index is -0.290. The van der Waals surface area contributed by atoms with Gasteiger partial charge >= 0.3 is 0 Å². The fraction of sp³-hybridized carbons (Fsp3) is 0.130. The molecule has 0 saturated heterocycles. The first-order valence-electron chi connectivity index (χ1n) is 9.02. The van der Waals surface area contributed by atoms with Crippen molar-refractivity contribution >= 4 is 22.7 Å². The maximum atomic E-state index is 13.2. The van der Waals surface area contributed by atoms with Crippen LogP contribution >= 0.6 is 11.8 Å². The van der Waals surface area contributed by atoms with E-state index in [2.05, 4.69) is 31.2 Å². The number of aromatic nitrogens is 2. The van der Waals surface area contributed by atoms with E-state index in [4.69, 9.17) is 4.98 Å². The summed E-state index contributed by atoms with van der Waals surface area (Å²) in [6.07, 6.45) is 0. The summed E-state index contributed by atoms with van der Waals surface area (Å²) < 4.78 is 14.9. The number of benzene rings is 3. The Morgan fingerprint density at radius 1 is 0.929 bits per heavy atom. The molecule has 140 valence electrons. The molecule has 0 saturated carbocycles. The van der Waals surface area contributed by atoms with Crippen LogP contribution in [0.3, 0.4) is 0 Å². The van der Waals surface area contributed by atoms with Crippen LogP contribution in [0.5, 0.6) is 0 Å². The molecule has 0 N–H and O–H groups in total. The highest BCUT2D eigenvalue weighted by Crippen LogP contribution is 2.23. The third-order valence-corrected chi connectivity index (χ3v) is 5.62. The maximum absolute atomic E-state index is 13.2. The Bertz CT molecular complexity index is 1170. The van der Waals surface area contributed by atoms with Gasteiger partial charge in [0.1, 0.15) is 5.82 Å². The van der Waals surface area contributed by atoms with Crippen LogP contribution in [-0.4, -0.2) is 9.55 Å². The van der Waals surface area contributed by atoms with E-state index in [-0.39, 0.29) is 11.4 Å². The van der Waals surface area contributed by atoms with Crippen molar-refractivity contribution in [3.8, 4) is 0 Å². The van der Waals surface area contributed by atoms with Gasteiger partial charge in [-0.3, -0.25) is 9.36 Å². The lowest BCUT2D eigenvalue weighted by Gasteiger charge is -2.13. The molecule has 1 aromatic heterocycles. The number of aryl methyl sites for hydroxylation is 1. The van der Waals surface area contributed by atoms with Crippen molar-refractivity contribution in [3.63, 3.8) is 0 Å². The molecule has 0 radical (unpaired) electrons. The molecule has 0 aliphatic heterocycles. The first-order valence-corrected chi connectivity index (χ1v) is 10.0. The predicted octanol–water partition coefficient (Wildman–Crippen LogP) is 5.18. The van der Waals surface area contributed by atoms with Crippen LogP contribution in [0, 0.1) is 12.7 Å². The van der Waals surface area contributed by atoms with Gasteiger partial charge in [0.15, 0.2) is 5.16 Å². The summed E-state index contributed by atoms with van der Waals surface area (Å²) in [7, 11) is 0. The zero-order chi connectivity index (χ0) is 19.5. The zero-order valence-electron chi connectivity index (χ0n) is 15.4. The molecule has 0 fully saturated rings. The van der Waals surface area contributed by atoms with Gasteiger partial charge < -0.3 is 0 Å². The van der Waals surface area contributed by atoms with Crippen LogP contribution in [0.25, 0.3) is 10.9 Å². The van der Waals surface area contributed by atoms with Crippen molar-refractivity contribution in [3.05, 3.63) is 106 Å². The van der Waals surface area contributed by atoms with Gasteiger partial charge in [0.25, 0.3) is 5.56 Å². The SMILES string of the molecule is Cc1ccc(CSc2nc3ccccc3c(=O)n2Cc2ccc(F)cc2)cc1. The van der Waals surface area contributed by atoms with Crippen LogP contribution in [0.4, 0.5) is 4.39 Å². The van der Waals surface area contributed by atoms with Crippen LogP contribution in [0.1, 0.15) is 16.7 Å². The van der Waals surface area contributed by atoms with Gasteiger partial charge in [-0.2, -0.15) is 0 Å². The smallest absolute Gasteiger partial charge is 0.262 e. The number of rotatable bonds is 5. The molecule has 4 rings (SSSR count). The summed E-state index contributed by atoms with van der Waals surface area (Å²) >= 11 is 1.54. The number of thioether (sulfide) groups is 1. The minimum Gasteiger partial charge on any atom is -0.283 e. The van der Waals surface area contributed by atoms with E-state index in [0.717, 1.165) is 5.56 Å². The molecule has 3 nitrogen and oxygen atoms in total. The lowest BCUT2D eigenvalue weighted by atomic mass is 10.2. The van der Waals surface area contributed by atoms with Crippen molar-refractivity contribution in [1.29, 1.82) is 0 Å². The van der Waals surface area contributed by atoms with Gasteiger partial charge in [-0.25, -0.2) is 9.37 Å². The summed E-state index contributed by atoms with van der Waals surface area (Å²) in [5.41, 5.74) is 3.85. The van der Waals surface area contributed by atoms with Gasteiger partial charge in [-0.15, -0.1) is 0 Å². The van der Waals surface area contributed by atoms with E-state index in [0.29, 0.717) is 28.4 Å². The second kappa shape index (κ2) is 7.98. The fourth-order valence-electron chi connectivity index (χ4n) is 3.00. The maximum Gasteiger partial charge on any atom is 0.262 e. The first-order chi connectivity index (χ1) is 13.6. The van der Waals surface area contributed by atoms with E-state index < -0.39 is 0 Å². The Hall–Kier alpha value is -2.92. The van der Waals surface area contributed by atoms with Gasteiger partial charge in [0.2, 0.25) is 0 Å². The Morgan fingerprint density at radius 3 is 2.36 bits per heavy atom. The molecule has 0 aliphatic rings. The molecule has 0 amide bonds. The molecule has 0 aliphatic carbocycles. The lowest BCUT2D eigenvalue weighted by molar-refractivity contribution is 0.622. The number of fused-ring (bicyclic) bond motifs is 1. The molecule has 28 heavy (non-hydrogen) atoms. The van der Waals surface area contributed by atoms with Crippen LogP contribution in [0.2, 0.25) is 0 Å². The summed E-state index contributed by atoms with van der Waals surface area (Å²) in [6.45, 7) is 2.41. The molecule has 4 aromatic rings. The summed E-state index contributed by atoms with van der Waals surface area (Å²) in [6, 6.07) is 21.9. The molecule has 0 bridgehead atoms. The molecule has 1 heterocycles. The van der Waals surface area contributed by atoms with Crippen molar-refractivity contribution in [1.82, 2.24) is 9.55 Å². The Kier molecular flexibility index (Phi) is 5.26. The van der Waals surface area contributed by atoms with E-state index >= 15 is 0 Å². The summed E-state index contributed by atoms with van der Waals surface area (Å²) in [5.74, 6) is 0.427. The summed E-state index contributed by atoms with van der Waals surface area (Å²) in [4.78, 5) is 17.8. The van der Waals surface area contributed by atoms with Crippen LogP contribution in [-0.2, 0) is 12.3 Å². The Labute approximate surface area is 166 Å². The van der Waals surface area contributed by atoms with Gasteiger partial charge in [0, 0.05) is 5.75 Å². The summed E-state index contributed by atoms with van der Waals surface area (Å²) in [5, 5.41) is 1.25. The Balaban J connectivity index is 1.73. The average molecular weight is 390 g/mol. The molecule has 0 unspecified atom stereocenters.